The molecule has 0 atom stereocenters. The quantitative estimate of drug-likeness (QED) is 0.588. The zero-order valence-electron chi connectivity index (χ0n) is 10.6. The topological polar surface area (TPSA) is 53.3 Å². The maximum atomic E-state index is 11.1. The average molecular weight is 244 g/mol. The lowest BCUT2D eigenvalue weighted by molar-refractivity contribution is -0.137. The molecule has 0 aliphatic heterocycles. The zero-order chi connectivity index (χ0) is 13.4. The van der Waals surface area contributed by atoms with Gasteiger partial charge in [-0.15, -0.1) is 0 Å². The van der Waals surface area contributed by atoms with E-state index in [1.54, 1.807) is 25.1 Å². The number of likely N-dealkylation sites (N-methyl/N-ethyl adjacent to an activating group) is 1. The van der Waals surface area contributed by atoms with Gasteiger partial charge in [-0.3, -0.25) is 0 Å². The summed E-state index contributed by atoms with van der Waals surface area (Å²) in [6.07, 6.45) is 3.17. The van der Waals surface area contributed by atoms with E-state index < -0.39 is 0 Å². The maximum Gasteiger partial charge on any atom is 0.330 e. The van der Waals surface area contributed by atoms with Gasteiger partial charge in [0.25, 0.3) is 0 Å². The lowest BCUT2D eigenvalue weighted by Gasteiger charge is -2.16. The van der Waals surface area contributed by atoms with Crippen molar-refractivity contribution in [2.45, 2.75) is 6.92 Å². The number of carbonyl (C=O) groups excluding carboxylic acids is 1. The van der Waals surface area contributed by atoms with Gasteiger partial charge < -0.3 is 9.64 Å². The summed E-state index contributed by atoms with van der Waals surface area (Å²) in [5, 5.41) is 8.69. The fourth-order valence-electron chi connectivity index (χ4n) is 1.39. The van der Waals surface area contributed by atoms with Crippen LogP contribution in [0.3, 0.4) is 0 Å². The van der Waals surface area contributed by atoms with Crippen LogP contribution in [0, 0.1) is 11.3 Å². The normalized spacial score (nSPS) is 10.1. The van der Waals surface area contributed by atoms with E-state index in [2.05, 4.69) is 6.07 Å². The number of hydrogen-bond donors (Lipinski definition) is 0. The predicted octanol–water partition coefficient (Wildman–Crippen LogP) is 2.11. The molecule has 0 aromatic heterocycles. The van der Waals surface area contributed by atoms with E-state index in [9.17, 15) is 4.79 Å². The minimum atomic E-state index is -0.328. The van der Waals surface area contributed by atoms with Crippen molar-refractivity contribution in [2.24, 2.45) is 0 Å². The number of carbonyl (C=O) groups is 1. The van der Waals surface area contributed by atoms with Crippen molar-refractivity contribution in [3.8, 4) is 6.07 Å². The number of nitriles is 1. The summed E-state index contributed by atoms with van der Waals surface area (Å²) in [7, 11) is 1.91. The maximum absolute atomic E-state index is 11.1. The van der Waals surface area contributed by atoms with Gasteiger partial charge in [-0.05, 0) is 31.2 Å². The summed E-state index contributed by atoms with van der Waals surface area (Å²) in [6.45, 7) is 2.76. The summed E-state index contributed by atoms with van der Waals surface area (Å²) < 4.78 is 4.78. The number of rotatable bonds is 5. The van der Waals surface area contributed by atoms with Gasteiger partial charge in [0.2, 0.25) is 0 Å². The van der Waals surface area contributed by atoms with Gasteiger partial charge in [-0.25, -0.2) is 4.79 Å². The number of esters is 1. The van der Waals surface area contributed by atoms with E-state index in [1.165, 1.54) is 6.08 Å². The van der Waals surface area contributed by atoms with Crippen LogP contribution in [0.2, 0.25) is 0 Å². The highest BCUT2D eigenvalue weighted by molar-refractivity contribution is 5.81. The van der Waals surface area contributed by atoms with Crippen LogP contribution in [0.1, 0.15) is 12.5 Å². The third kappa shape index (κ3) is 4.30. The molecule has 0 unspecified atom stereocenters. The van der Waals surface area contributed by atoms with Gasteiger partial charge in [-0.2, -0.15) is 5.26 Å². The highest BCUT2D eigenvalue weighted by Gasteiger charge is 1.99. The Morgan fingerprint density at radius 3 is 2.67 bits per heavy atom. The third-order valence-corrected chi connectivity index (χ3v) is 2.36. The molecule has 0 saturated heterocycles. The summed E-state index contributed by atoms with van der Waals surface area (Å²) >= 11 is 0. The first-order valence-electron chi connectivity index (χ1n) is 5.72. The van der Waals surface area contributed by atoms with Crippen LogP contribution in [0.4, 0.5) is 5.69 Å². The Hall–Kier alpha value is -2.28. The second kappa shape index (κ2) is 7.13. The van der Waals surface area contributed by atoms with Crippen molar-refractivity contribution < 1.29 is 9.53 Å². The van der Waals surface area contributed by atoms with E-state index in [4.69, 9.17) is 10.00 Å². The van der Waals surface area contributed by atoms with Gasteiger partial charge in [0, 0.05) is 25.4 Å². The molecule has 18 heavy (non-hydrogen) atoms. The van der Waals surface area contributed by atoms with Crippen LogP contribution >= 0.6 is 0 Å². The Bertz CT molecular complexity index is 458. The highest BCUT2D eigenvalue weighted by atomic mass is 16.5. The lowest BCUT2D eigenvalue weighted by Crippen LogP contribution is -2.17. The summed E-state index contributed by atoms with van der Waals surface area (Å²) in [6, 6.07) is 9.34. The average Bonchev–Trinajstić information content (AvgIpc) is 2.39. The summed E-state index contributed by atoms with van der Waals surface area (Å²) in [5.41, 5.74) is 1.62. The minimum absolute atomic E-state index is 0.328. The molecular weight excluding hydrogens is 228 g/mol. The number of hydrogen-bond acceptors (Lipinski definition) is 4. The molecule has 0 radical (unpaired) electrons. The third-order valence-electron chi connectivity index (χ3n) is 2.36. The highest BCUT2D eigenvalue weighted by Crippen LogP contribution is 2.12. The van der Waals surface area contributed by atoms with E-state index in [-0.39, 0.29) is 5.97 Å². The monoisotopic (exact) mass is 244 g/mol. The molecule has 4 nitrogen and oxygen atoms in total. The fourth-order valence-corrected chi connectivity index (χ4v) is 1.39. The lowest BCUT2D eigenvalue weighted by atomic mass is 10.2. The molecule has 0 fully saturated rings. The van der Waals surface area contributed by atoms with Crippen LogP contribution in [-0.4, -0.2) is 26.2 Å². The Kier molecular flexibility index (Phi) is 5.46. The van der Waals surface area contributed by atoms with Crippen LogP contribution < -0.4 is 4.90 Å². The van der Waals surface area contributed by atoms with E-state index >= 15 is 0 Å². The molecular formula is C14H16N2O2. The van der Waals surface area contributed by atoms with Crippen molar-refractivity contribution in [2.75, 3.05) is 25.1 Å². The number of anilines is 1. The fraction of sp³-hybridized carbons (Fsp3) is 0.286. The summed E-state index contributed by atoms with van der Waals surface area (Å²) in [5.74, 6) is -0.328. The Morgan fingerprint density at radius 1 is 1.44 bits per heavy atom. The van der Waals surface area contributed by atoms with Crippen LogP contribution in [0.5, 0.6) is 0 Å². The Morgan fingerprint density at radius 2 is 2.11 bits per heavy atom. The molecule has 0 heterocycles. The van der Waals surface area contributed by atoms with Crippen LogP contribution in [-0.2, 0) is 9.53 Å². The van der Waals surface area contributed by atoms with Crippen LogP contribution in [0.15, 0.2) is 36.4 Å². The second-order valence-electron chi connectivity index (χ2n) is 3.69. The zero-order valence-corrected chi connectivity index (χ0v) is 10.6. The first kappa shape index (κ1) is 13.8. The molecule has 94 valence electrons. The van der Waals surface area contributed by atoms with Crippen molar-refractivity contribution in [1.82, 2.24) is 0 Å². The molecule has 0 saturated carbocycles. The molecule has 0 bridgehead atoms. The Labute approximate surface area is 107 Å². The molecule has 0 N–H and O–H groups in total. The molecule has 4 heteroatoms. The van der Waals surface area contributed by atoms with Crippen molar-refractivity contribution in [3.63, 3.8) is 0 Å². The summed E-state index contributed by atoms with van der Waals surface area (Å²) in [4.78, 5) is 13.1. The van der Waals surface area contributed by atoms with Gasteiger partial charge in [0.1, 0.15) is 0 Å². The molecule has 0 aliphatic carbocycles. The number of benzene rings is 1. The SMILES string of the molecule is CCOC(=O)/C=C/CN(C)c1ccc(C#N)cc1. The van der Waals surface area contributed by atoms with Gasteiger partial charge >= 0.3 is 5.97 Å². The molecule has 0 amide bonds. The van der Waals surface area contributed by atoms with E-state index in [0.717, 1.165) is 5.69 Å². The van der Waals surface area contributed by atoms with Crippen LogP contribution in [0.25, 0.3) is 0 Å². The molecule has 0 spiro atoms. The molecule has 0 aliphatic rings. The minimum Gasteiger partial charge on any atom is -0.463 e. The molecule has 1 rings (SSSR count). The number of nitrogens with zero attached hydrogens (tertiary/aromatic N) is 2. The largest absolute Gasteiger partial charge is 0.463 e. The van der Waals surface area contributed by atoms with Gasteiger partial charge in [-0.1, -0.05) is 6.08 Å². The smallest absolute Gasteiger partial charge is 0.330 e. The Balaban J connectivity index is 2.52. The van der Waals surface area contributed by atoms with E-state index in [1.807, 2.05) is 24.1 Å². The standard InChI is InChI=1S/C14H16N2O2/c1-3-18-14(17)5-4-10-16(2)13-8-6-12(11-15)7-9-13/h4-9H,3,10H2,1-2H3/b5-4+. The van der Waals surface area contributed by atoms with Gasteiger partial charge in [0.05, 0.1) is 18.2 Å². The number of ether oxygens (including phenoxy) is 1. The predicted molar refractivity (Wildman–Crippen MR) is 70.2 cm³/mol. The second-order valence-corrected chi connectivity index (χ2v) is 3.69. The van der Waals surface area contributed by atoms with Crippen molar-refractivity contribution >= 4 is 11.7 Å². The van der Waals surface area contributed by atoms with Gasteiger partial charge in [0.15, 0.2) is 0 Å². The van der Waals surface area contributed by atoms with Crippen molar-refractivity contribution in [3.05, 3.63) is 42.0 Å². The first-order valence-corrected chi connectivity index (χ1v) is 5.72. The van der Waals surface area contributed by atoms with E-state index in [0.29, 0.717) is 18.7 Å². The molecule has 1 aromatic carbocycles. The van der Waals surface area contributed by atoms with Crippen molar-refractivity contribution in [1.29, 1.82) is 5.26 Å². The first-order chi connectivity index (χ1) is 8.67. The molecule has 1 aromatic rings.